The van der Waals surface area contributed by atoms with Crippen LogP contribution >= 0.6 is 0 Å². The van der Waals surface area contributed by atoms with Crippen LogP contribution in [-0.4, -0.2) is 24.1 Å². The van der Waals surface area contributed by atoms with E-state index >= 15 is 0 Å². The van der Waals surface area contributed by atoms with E-state index in [4.69, 9.17) is 9.47 Å². The summed E-state index contributed by atoms with van der Waals surface area (Å²) in [5, 5.41) is 6.18. The summed E-state index contributed by atoms with van der Waals surface area (Å²) in [6, 6.07) is 15.1. The Balaban J connectivity index is 1.45. The summed E-state index contributed by atoms with van der Waals surface area (Å²) in [4.78, 5) is 16.8. The molecule has 28 heavy (non-hydrogen) atoms. The van der Waals surface area contributed by atoms with E-state index in [0.29, 0.717) is 36.1 Å². The van der Waals surface area contributed by atoms with Crippen LogP contribution < -0.4 is 20.1 Å². The number of hydrogen-bond acceptors (Lipinski definition) is 5. The van der Waals surface area contributed by atoms with Gasteiger partial charge in [0.25, 0.3) is 5.91 Å². The molecule has 2 N–H and O–H groups in total. The predicted octanol–water partition coefficient (Wildman–Crippen LogP) is 4.47. The molecule has 142 valence electrons. The summed E-state index contributed by atoms with van der Waals surface area (Å²) in [7, 11) is 0. The number of ether oxygens (including phenoxy) is 2. The van der Waals surface area contributed by atoms with Crippen LogP contribution in [-0.2, 0) is 0 Å². The van der Waals surface area contributed by atoms with Crippen molar-refractivity contribution in [2.24, 2.45) is 0 Å². The van der Waals surface area contributed by atoms with E-state index in [1.807, 2.05) is 19.9 Å². The third-order valence-corrected chi connectivity index (χ3v) is 4.47. The Labute approximate surface area is 163 Å². The molecule has 1 aliphatic rings. The predicted molar refractivity (Wildman–Crippen MR) is 109 cm³/mol. The fourth-order valence-corrected chi connectivity index (χ4v) is 2.94. The number of benzene rings is 2. The van der Waals surface area contributed by atoms with Gasteiger partial charge in [-0.3, -0.25) is 4.79 Å². The summed E-state index contributed by atoms with van der Waals surface area (Å²) in [6.07, 6.45) is 1.65. The number of nitrogens with one attached hydrogen (secondary N) is 2. The summed E-state index contributed by atoms with van der Waals surface area (Å²) in [5.41, 5.74) is 5.14. The van der Waals surface area contributed by atoms with Crippen molar-refractivity contribution in [3.63, 3.8) is 0 Å². The number of nitrogens with zero attached hydrogens (tertiary/aromatic N) is 1. The maximum absolute atomic E-state index is 12.5. The Morgan fingerprint density at radius 2 is 1.71 bits per heavy atom. The lowest BCUT2D eigenvalue weighted by molar-refractivity contribution is 0.102. The van der Waals surface area contributed by atoms with Crippen molar-refractivity contribution in [2.45, 2.75) is 13.8 Å². The summed E-state index contributed by atoms with van der Waals surface area (Å²) in [6.45, 7) is 5.13. The van der Waals surface area contributed by atoms with Crippen molar-refractivity contribution in [1.82, 2.24) is 4.98 Å². The Morgan fingerprint density at radius 1 is 0.929 bits per heavy atom. The third kappa shape index (κ3) is 3.91. The second kappa shape index (κ2) is 7.60. The monoisotopic (exact) mass is 375 g/mol. The number of carbonyl (C=O) groups is 1. The number of hydrogen-bond donors (Lipinski definition) is 2. The molecule has 0 saturated carbocycles. The van der Waals surface area contributed by atoms with Gasteiger partial charge in [-0.2, -0.15) is 0 Å². The van der Waals surface area contributed by atoms with Gasteiger partial charge in [0.2, 0.25) is 0 Å². The zero-order valence-electron chi connectivity index (χ0n) is 15.8. The highest BCUT2D eigenvalue weighted by molar-refractivity contribution is 6.03. The highest BCUT2D eigenvalue weighted by Crippen LogP contribution is 2.32. The molecule has 1 aliphatic heterocycles. The van der Waals surface area contributed by atoms with Crippen LogP contribution in [0.3, 0.4) is 0 Å². The molecule has 2 aromatic carbocycles. The molecule has 0 bridgehead atoms. The molecule has 0 fully saturated rings. The number of carbonyl (C=O) groups excluding carboxylic acids is 1. The zero-order chi connectivity index (χ0) is 19.5. The lowest BCUT2D eigenvalue weighted by Crippen LogP contribution is -2.17. The minimum atomic E-state index is -0.282. The zero-order valence-corrected chi connectivity index (χ0v) is 15.8. The van der Waals surface area contributed by atoms with Gasteiger partial charge in [0, 0.05) is 17.4 Å². The van der Waals surface area contributed by atoms with Gasteiger partial charge >= 0.3 is 0 Å². The van der Waals surface area contributed by atoms with E-state index in [1.165, 1.54) is 5.56 Å². The largest absolute Gasteiger partial charge is 0.486 e. The highest BCUT2D eigenvalue weighted by Gasteiger charge is 2.14. The van der Waals surface area contributed by atoms with E-state index in [9.17, 15) is 4.79 Å². The van der Waals surface area contributed by atoms with E-state index < -0.39 is 0 Å². The first-order valence-electron chi connectivity index (χ1n) is 9.10. The molecular weight excluding hydrogens is 354 g/mol. The molecule has 2 heterocycles. The Bertz CT molecular complexity index is 1020. The van der Waals surface area contributed by atoms with Crippen molar-refractivity contribution in [1.29, 1.82) is 0 Å². The molecule has 4 rings (SSSR count). The van der Waals surface area contributed by atoms with Crippen LogP contribution in [0.25, 0.3) is 0 Å². The van der Waals surface area contributed by atoms with Crippen LogP contribution in [0.4, 0.5) is 17.1 Å². The second-order valence-corrected chi connectivity index (χ2v) is 6.69. The number of rotatable bonds is 4. The Hall–Kier alpha value is -3.54. The molecule has 0 saturated heterocycles. The van der Waals surface area contributed by atoms with Crippen LogP contribution in [0.15, 0.2) is 54.7 Å². The number of amides is 1. The van der Waals surface area contributed by atoms with E-state index in [-0.39, 0.29) is 5.91 Å². The van der Waals surface area contributed by atoms with Crippen LogP contribution in [0, 0.1) is 13.8 Å². The first kappa shape index (κ1) is 17.9. The lowest BCUT2D eigenvalue weighted by Gasteiger charge is -2.19. The number of aromatic nitrogens is 1. The Morgan fingerprint density at radius 3 is 2.50 bits per heavy atom. The van der Waals surface area contributed by atoms with Crippen LogP contribution in [0.1, 0.15) is 21.6 Å². The van der Waals surface area contributed by atoms with E-state index in [0.717, 1.165) is 16.9 Å². The van der Waals surface area contributed by atoms with Gasteiger partial charge in [-0.25, -0.2) is 4.98 Å². The van der Waals surface area contributed by atoms with E-state index in [2.05, 4.69) is 33.8 Å². The molecule has 0 radical (unpaired) electrons. The minimum Gasteiger partial charge on any atom is -0.486 e. The van der Waals surface area contributed by atoms with Gasteiger partial charge in [-0.05, 0) is 55.3 Å². The SMILES string of the molecule is Cc1ccc(C)c(Nc2ccc(C(=O)Nc3ccc4c(c3)OCCO4)nc2)c1. The first-order chi connectivity index (χ1) is 13.6. The van der Waals surface area contributed by atoms with Gasteiger partial charge in [0.1, 0.15) is 18.9 Å². The molecule has 1 amide bonds. The van der Waals surface area contributed by atoms with Crippen molar-refractivity contribution in [2.75, 3.05) is 23.8 Å². The molecule has 6 nitrogen and oxygen atoms in total. The van der Waals surface area contributed by atoms with Gasteiger partial charge in [-0.15, -0.1) is 0 Å². The quantitative estimate of drug-likeness (QED) is 0.704. The first-order valence-corrected chi connectivity index (χ1v) is 9.10. The molecule has 3 aromatic rings. The average Bonchev–Trinajstić information content (AvgIpc) is 2.71. The second-order valence-electron chi connectivity index (χ2n) is 6.69. The molecule has 0 atom stereocenters. The number of pyridine rings is 1. The van der Waals surface area contributed by atoms with Gasteiger partial charge in [-0.1, -0.05) is 12.1 Å². The fraction of sp³-hybridized carbons (Fsp3) is 0.182. The molecule has 0 unspecified atom stereocenters. The standard InChI is InChI=1S/C22H21N3O3/c1-14-3-4-15(2)19(11-14)24-17-5-7-18(23-13-17)22(26)25-16-6-8-20-21(12-16)28-10-9-27-20/h3-8,11-13,24H,9-10H2,1-2H3,(H,25,26). The third-order valence-electron chi connectivity index (χ3n) is 4.47. The molecule has 0 spiro atoms. The van der Waals surface area contributed by atoms with Gasteiger partial charge < -0.3 is 20.1 Å². The number of anilines is 3. The van der Waals surface area contributed by atoms with Crippen molar-refractivity contribution >= 4 is 23.0 Å². The van der Waals surface area contributed by atoms with Crippen LogP contribution in [0.5, 0.6) is 11.5 Å². The van der Waals surface area contributed by atoms with Crippen molar-refractivity contribution < 1.29 is 14.3 Å². The lowest BCUT2D eigenvalue weighted by atomic mass is 10.1. The topological polar surface area (TPSA) is 72.5 Å². The van der Waals surface area contributed by atoms with E-state index in [1.54, 1.807) is 30.5 Å². The van der Waals surface area contributed by atoms with Crippen molar-refractivity contribution in [3.05, 3.63) is 71.5 Å². The highest BCUT2D eigenvalue weighted by atomic mass is 16.6. The molecular formula is C22H21N3O3. The summed E-state index contributed by atoms with van der Waals surface area (Å²) in [5.74, 6) is 1.03. The molecule has 1 aromatic heterocycles. The molecule has 6 heteroatoms. The summed E-state index contributed by atoms with van der Waals surface area (Å²) >= 11 is 0. The minimum absolute atomic E-state index is 0.282. The maximum Gasteiger partial charge on any atom is 0.274 e. The maximum atomic E-state index is 12.5. The van der Waals surface area contributed by atoms with Crippen LogP contribution in [0.2, 0.25) is 0 Å². The van der Waals surface area contributed by atoms with Gasteiger partial charge in [0.05, 0.1) is 11.9 Å². The summed E-state index contributed by atoms with van der Waals surface area (Å²) < 4.78 is 11.0. The molecule has 0 aliphatic carbocycles. The smallest absolute Gasteiger partial charge is 0.274 e. The Kier molecular flexibility index (Phi) is 4.85. The van der Waals surface area contributed by atoms with Gasteiger partial charge in [0.15, 0.2) is 11.5 Å². The fourth-order valence-electron chi connectivity index (χ4n) is 2.94. The normalized spacial score (nSPS) is 12.4. The average molecular weight is 375 g/mol. The van der Waals surface area contributed by atoms with Crippen molar-refractivity contribution in [3.8, 4) is 11.5 Å². The number of aryl methyl sites for hydroxylation is 2. The number of fused-ring (bicyclic) bond motifs is 1.